The average molecular weight is 550 g/mol. The smallest absolute Gasteiger partial charge is 0.412 e. The van der Waals surface area contributed by atoms with Gasteiger partial charge in [-0.1, -0.05) is 35.5 Å². The normalized spacial score (nSPS) is 16.3. The standard InChI is InChI=1S/C28H35N7O5/c1-19(33-37)21-17-29-26(35(20-11-7-6-8-12-20)34-15-16-39-24(18-34)38-5)32-25(21)30-22-13-9-10-14-23(22)31-27(36)40-28(2,3)4/h6-14,17,24,37H,15-16,18H2,1-5H3,(H,31,36)(H,29,30,32)/b33-19+. The van der Waals surface area contributed by atoms with Gasteiger partial charge in [-0.25, -0.2) is 19.8 Å². The van der Waals surface area contributed by atoms with Crippen molar-refractivity contribution in [3.8, 4) is 0 Å². The maximum atomic E-state index is 12.5. The molecule has 212 valence electrons. The van der Waals surface area contributed by atoms with Gasteiger partial charge in [-0.2, -0.15) is 4.98 Å². The topological polar surface area (TPSA) is 134 Å². The number of benzene rings is 2. The van der Waals surface area contributed by atoms with Gasteiger partial charge in [0.1, 0.15) is 11.4 Å². The third-order valence-electron chi connectivity index (χ3n) is 5.88. The Balaban J connectivity index is 1.74. The second kappa shape index (κ2) is 12.7. The SMILES string of the molecule is COC1CN(N(c2ccccc2)c2ncc(/C(C)=N/O)c(Nc3ccccc3NC(=O)OC(C)(C)C)n2)CCO1. The van der Waals surface area contributed by atoms with Gasteiger partial charge in [-0.15, -0.1) is 0 Å². The lowest BCUT2D eigenvalue weighted by Gasteiger charge is -2.39. The number of carbonyl (C=O) groups excluding carboxylic acids is 1. The van der Waals surface area contributed by atoms with E-state index in [-0.39, 0.29) is 0 Å². The maximum absolute atomic E-state index is 12.5. The Morgan fingerprint density at radius 3 is 2.52 bits per heavy atom. The second-order valence-corrected chi connectivity index (χ2v) is 10.0. The monoisotopic (exact) mass is 549 g/mol. The zero-order valence-electron chi connectivity index (χ0n) is 23.3. The molecule has 1 fully saturated rings. The molecule has 4 rings (SSSR count). The van der Waals surface area contributed by atoms with Gasteiger partial charge < -0.3 is 24.7 Å². The molecule has 1 saturated heterocycles. The summed E-state index contributed by atoms with van der Waals surface area (Å²) >= 11 is 0. The molecule has 40 heavy (non-hydrogen) atoms. The van der Waals surface area contributed by atoms with Gasteiger partial charge in [0.2, 0.25) is 5.95 Å². The summed E-state index contributed by atoms with van der Waals surface area (Å²) < 4.78 is 16.6. The van der Waals surface area contributed by atoms with Crippen molar-refractivity contribution < 1.29 is 24.2 Å². The zero-order valence-corrected chi connectivity index (χ0v) is 23.3. The van der Waals surface area contributed by atoms with Crippen LogP contribution in [-0.4, -0.2) is 70.7 Å². The number of rotatable bonds is 8. The van der Waals surface area contributed by atoms with Crippen LogP contribution in [-0.2, 0) is 14.2 Å². The Labute approximate surface area is 233 Å². The van der Waals surface area contributed by atoms with E-state index < -0.39 is 18.0 Å². The fourth-order valence-corrected chi connectivity index (χ4v) is 4.04. The average Bonchev–Trinajstić information content (AvgIpc) is 2.94. The first kappa shape index (κ1) is 28.7. The van der Waals surface area contributed by atoms with Crippen LogP contribution in [0.25, 0.3) is 0 Å². The van der Waals surface area contributed by atoms with Gasteiger partial charge in [-0.05, 0) is 52.0 Å². The Kier molecular flexibility index (Phi) is 9.15. The van der Waals surface area contributed by atoms with Gasteiger partial charge >= 0.3 is 6.09 Å². The predicted molar refractivity (Wildman–Crippen MR) is 153 cm³/mol. The Morgan fingerprint density at radius 1 is 1.15 bits per heavy atom. The van der Waals surface area contributed by atoms with Crippen molar-refractivity contribution in [3.63, 3.8) is 0 Å². The highest BCUT2D eigenvalue weighted by Crippen LogP contribution is 2.31. The fraction of sp³-hybridized carbons (Fsp3) is 0.357. The highest BCUT2D eigenvalue weighted by molar-refractivity contribution is 6.03. The first-order valence-electron chi connectivity index (χ1n) is 12.8. The van der Waals surface area contributed by atoms with Crippen LogP contribution in [0.1, 0.15) is 33.3 Å². The van der Waals surface area contributed by atoms with Crippen LogP contribution >= 0.6 is 0 Å². The van der Waals surface area contributed by atoms with Crippen LogP contribution in [0, 0.1) is 0 Å². The van der Waals surface area contributed by atoms with E-state index in [1.54, 1.807) is 59.2 Å². The molecule has 1 aromatic heterocycles. The minimum Gasteiger partial charge on any atom is -0.444 e. The second-order valence-electron chi connectivity index (χ2n) is 10.0. The molecule has 2 aromatic carbocycles. The molecule has 0 spiro atoms. The third kappa shape index (κ3) is 7.23. The van der Waals surface area contributed by atoms with Crippen LogP contribution in [0.15, 0.2) is 65.9 Å². The molecule has 0 aliphatic carbocycles. The number of methoxy groups -OCH3 is 1. The summed E-state index contributed by atoms with van der Waals surface area (Å²) in [4.78, 5) is 22.0. The molecule has 1 unspecified atom stereocenters. The van der Waals surface area contributed by atoms with E-state index in [0.717, 1.165) is 5.69 Å². The summed E-state index contributed by atoms with van der Waals surface area (Å²) in [7, 11) is 1.61. The van der Waals surface area contributed by atoms with Crippen LogP contribution in [0.3, 0.4) is 0 Å². The van der Waals surface area contributed by atoms with Crippen molar-refractivity contribution in [2.75, 3.05) is 42.4 Å². The van der Waals surface area contributed by atoms with E-state index in [4.69, 9.17) is 19.2 Å². The summed E-state index contributed by atoms with van der Waals surface area (Å²) in [6, 6.07) is 16.9. The molecular formula is C28H35N7O5. The number of morpholine rings is 1. The predicted octanol–water partition coefficient (Wildman–Crippen LogP) is 5.12. The van der Waals surface area contributed by atoms with E-state index in [2.05, 4.69) is 25.8 Å². The summed E-state index contributed by atoms with van der Waals surface area (Å²) in [6.45, 7) is 8.54. The van der Waals surface area contributed by atoms with E-state index in [1.807, 2.05) is 41.4 Å². The van der Waals surface area contributed by atoms with E-state index in [9.17, 15) is 10.0 Å². The van der Waals surface area contributed by atoms with E-state index in [1.165, 1.54) is 0 Å². The molecule has 1 aliphatic rings. The van der Waals surface area contributed by atoms with Crippen LogP contribution in [0.2, 0.25) is 0 Å². The molecule has 1 aliphatic heterocycles. The molecule has 3 N–H and O–H groups in total. The molecule has 1 atom stereocenters. The molecule has 0 radical (unpaired) electrons. The number of amides is 1. The van der Waals surface area contributed by atoms with E-state index >= 15 is 0 Å². The lowest BCUT2D eigenvalue weighted by atomic mass is 10.2. The zero-order chi connectivity index (χ0) is 28.7. The molecule has 0 saturated carbocycles. The quantitative estimate of drug-likeness (QED) is 0.197. The van der Waals surface area contributed by atoms with E-state index in [0.29, 0.717) is 54.1 Å². The van der Waals surface area contributed by atoms with Crippen LogP contribution < -0.4 is 15.6 Å². The first-order chi connectivity index (χ1) is 19.2. The summed E-state index contributed by atoms with van der Waals surface area (Å²) in [5.74, 6) is 0.744. The highest BCUT2D eigenvalue weighted by atomic mass is 16.7. The van der Waals surface area contributed by atoms with Gasteiger partial charge in [-0.3, -0.25) is 5.32 Å². The first-order valence-corrected chi connectivity index (χ1v) is 12.8. The number of ether oxygens (including phenoxy) is 3. The number of nitrogens with zero attached hydrogens (tertiary/aromatic N) is 5. The molecule has 12 heteroatoms. The molecule has 0 bridgehead atoms. The van der Waals surface area contributed by atoms with Crippen molar-refractivity contribution >= 4 is 40.6 Å². The molecule has 3 aromatic rings. The maximum Gasteiger partial charge on any atom is 0.412 e. The van der Waals surface area contributed by atoms with Crippen LogP contribution in [0.4, 0.5) is 33.6 Å². The van der Waals surface area contributed by atoms with Gasteiger partial charge in [0, 0.05) is 19.9 Å². The Morgan fingerprint density at radius 2 is 1.85 bits per heavy atom. The largest absolute Gasteiger partial charge is 0.444 e. The number of aromatic nitrogens is 2. The number of nitrogens with one attached hydrogen (secondary N) is 2. The number of hydrogen-bond acceptors (Lipinski definition) is 11. The number of hydrogen-bond donors (Lipinski definition) is 3. The summed E-state index contributed by atoms with van der Waals surface area (Å²) in [5, 5.41) is 23.0. The number of para-hydroxylation sites is 3. The molecule has 12 nitrogen and oxygen atoms in total. The lowest BCUT2D eigenvalue weighted by Crippen LogP contribution is -2.51. The van der Waals surface area contributed by atoms with Crippen molar-refractivity contribution in [3.05, 3.63) is 66.4 Å². The van der Waals surface area contributed by atoms with Gasteiger partial charge in [0.15, 0.2) is 6.29 Å². The Bertz CT molecular complexity index is 1330. The molecule has 1 amide bonds. The van der Waals surface area contributed by atoms with Crippen molar-refractivity contribution in [2.45, 2.75) is 39.6 Å². The number of hydrazine groups is 1. The molecular weight excluding hydrogens is 514 g/mol. The van der Waals surface area contributed by atoms with Crippen molar-refractivity contribution in [1.82, 2.24) is 15.0 Å². The third-order valence-corrected chi connectivity index (χ3v) is 5.88. The number of oxime groups is 1. The number of anilines is 5. The lowest BCUT2D eigenvalue weighted by molar-refractivity contribution is -0.164. The number of carbonyl (C=O) groups is 1. The Hall–Kier alpha value is -4.26. The summed E-state index contributed by atoms with van der Waals surface area (Å²) in [6.07, 6.45) is 0.591. The van der Waals surface area contributed by atoms with Crippen LogP contribution in [0.5, 0.6) is 0 Å². The summed E-state index contributed by atoms with van der Waals surface area (Å²) in [5.41, 5.74) is 2.02. The van der Waals surface area contributed by atoms with Gasteiger partial charge in [0.25, 0.3) is 0 Å². The van der Waals surface area contributed by atoms with Gasteiger partial charge in [0.05, 0.1) is 41.5 Å². The minimum atomic E-state index is -0.655. The minimum absolute atomic E-state index is 0.309. The fourth-order valence-electron chi connectivity index (χ4n) is 4.04. The van der Waals surface area contributed by atoms with Crippen molar-refractivity contribution in [1.29, 1.82) is 0 Å². The van der Waals surface area contributed by atoms with Crippen molar-refractivity contribution in [2.24, 2.45) is 5.16 Å². The highest BCUT2D eigenvalue weighted by Gasteiger charge is 2.29. The molecule has 2 heterocycles.